The zero-order valence-electron chi connectivity index (χ0n) is 16.7. The van der Waals surface area contributed by atoms with E-state index in [2.05, 4.69) is 20.4 Å². The number of imidazole rings is 1. The Bertz CT molecular complexity index is 1080. The zero-order chi connectivity index (χ0) is 21.7. The number of carbonyl (C=O) groups excluding carboxylic acids is 2. The Labute approximate surface area is 184 Å². The van der Waals surface area contributed by atoms with E-state index in [-0.39, 0.29) is 12.3 Å². The van der Waals surface area contributed by atoms with E-state index in [4.69, 9.17) is 27.9 Å². The first kappa shape index (κ1) is 21.9. The van der Waals surface area contributed by atoms with Crippen LogP contribution >= 0.6 is 23.2 Å². The average Bonchev–Trinajstić information content (AvgIpc) is 3.04. The molecule has 2 aromatic carbocycles. The van der Waals surface area contributed by atoms with Crippen LogP contribution in [0, 0.1) is 6.92 Å². The SMILES string of the molecule is CCn1c(C)nc2cc(C(=O)NNC(=O)CCCOc3ccc(Cl)cc3Cl)ccc21. The molecule has 3 rings (SSSR count). The Morgan fingerprint density at radius 1 is 1.13 bits per heavy atom. The van der Waals surface area contributed by atoms with E-state index < -0.39 is 5.91 Å². The molecule has 0 atom stereocenters. The molecule has 2 amide bonds. The summed E-state index contributed by atoms with van der Waals surface area (Å²) in [6.07, 6.45) is 0.644. The first-order valence-electron chi connectivity index (χ1n) is 9.53. The molecule has 0 saturated heterocycles. The van der Waals surface area contributed by atoms with Crippen LogP contribution in [0.25, 0.3) is 11.0 Å². The second-order valence-corrected chi connectivity index (χ2v) is 7.48. The van der Waals surface area contributed by atoms with Crippen molar-refractivity contribution in [3.8, 4) is 5.75 Å². The topological polar surface area (TPSA) is 85.3 Å². The van der Waals surface area contributed by atoms with Crippen LogP contribution < -0.4 is 15.6 Å². The van der Waals surface area contributed by atoms with Crippen molar-refractivity contribution in [3.63, 3.8) is 0 Å². The summed E-state index contributed by atoms with van der Waals surface area (Å²) in [6.45, 7) is 5.07. The van der Waals surface area contributed by atoms with Gasteiger partial charge in [0.25, 0.3) is 5.91 Å². The number of carbonyl (C=O) groups is 2. The molecule has 9 heteroatoms. The number of amides is 2. The third kappa shape index (κ3) is 5.23. The van der Waals surface area contributed by atoms with E-state index in [1.807, 2.05) is 19.9 Å². The predicted octanol–water partition coefficient (Wildman–Crippen LogP) is 4.29. The summed E-state index contributed by atoms with van der Waals surface area (Å²) in [7, 11) is 0. The van der Waals surface area contributed by atoms with Gasteiger partial charge in [0, 0.05) is 23.6 Å². The van der Waals surface area contributed by atoms with Gasteiger partial charge in [-0.05, 0) is 56.7 Å². The summed E-state index contributed by atoms with van der Waals surface area (Å²) >= 11 is 11.9. The molecule has 2 N–H and O–H groups in total. The van der Waals surface area contributed by atoms with Crippen LogP contribution in [0.1, 0.15) is 35.9 Å². The van der Waals surface area contributed by atoms with E-state index in [1.54, 1.807) is 30.3 Å². The van der Waals surface area contributed by atoms with Crippen molar-refractivity contribution in [2.75, 3.05) is 6.61 Å². The Balaban J connectivity index is 1.45. The minimum absolute atomic E-state index is 0.185. The van der Waals surface area contributed by atoms with Crippen LogP contribution in [0.2, 0.25) is 10.0 Å². The number of ether oxygens (including phenoxy) is 1. The van der Waals surface area contributed by atoms with Gasteiger partial charge in [-0.15, -0.1) is 0 Å². The molecule has 0 spiro atoms. The second kappa shape index (κ2) is 9.82. The molecule has 0 radical (unpaired) electrons. The lowest BCUT2D eigenvalue weighted by atomic mass is 10.2. The lowest BCUT2D eigenvalue weighted by Gasteiger charge is -2.09. The lowest BCUT2D eigenvalue weighted by molar-refractivity contribution is -0.122. The number of hydrogen-bond acceptors (Lipinski definition) is 4. The predicted molar refractivity (Wildman–Crippen MR) is 117 cm³/mol. The summed E-state index contributed by atoms with van der Waals surface area (Å²) in [5, 5.41) is 0.936. The van der Waals surface area contributed by atoms with Crippen molar-refractivity contribution in [2.45, 2.75) is 33.2 Å². The summed E-state index contributed by atoms with van der Waals surface area (Å²) in [6, 6.07) is 10.2. The summed E-state index contributed by atoms with van der Waals surface area (Å²) in [4.78, 5) is 28.8. The molecule has 0 aliphatic heterocycles. The highest BCUT2D eigenvalue weighted by Crippen LogP contribution is 2.27. The Morgan fingerprint density at radius 2 is 1.93 bits per heavy atom. The Kier molecular flexibility index (Phi) is 7.18. The number of halogens is 2. The van der Waals surface area contributed by atoms with Gasteiger partial charge < -0.3 is 9.30 Å². The van der Waals surface area contributed by atoms with Gasteiger partial charge in [0.1, 0.15) is 11.6 Å². The number of hydrazine groups is 1. The van der Waals surface area contributed by atoms with Gasteiger partial charge in [0.05, 0.1) is 22.7 Å². The first-order chi connectivity index (χ1) is 14.4. The van der Waals surface area contributed by atoms with Gasteiger partial charge >= 0.3 is 0 Å². The van der Waals surface area contributed by atoms with E-state index in [9.17, 15) is 9.59 Å². The molecule has 30 heavy (non-hydrogen) atoms. The van der Waals surface area contributed by atoms with Gasteiger partial charge in [-0.1, -0.05) is 23.2 Å². The normalized spacial score (nSPS) is 10.8. The van der Waals surface area contributed by atoms with Crippen molar-refractivity contribution < 1.29 is 14.3 Å². The Morgan fingerprint density at radius 3 is 2.67 bits per heavy atom. The van der Waals surface area contributed by atoms with Crippen molar-refractivity contribution >= 4 is 46.0 Å². The highest BCUT2D eigenvalue weighted by atomic mass is 35.5. The number of hydrogen-bond donors (Lipinski definition) is 2. The maximum Gasteiger partial charge on any atom is 0.269 e. The van der Waals surface area contributed by atoms with Crippen LogP contribution in [-0.2, 0) is 11.3 Å². The third-order valence-corrected chi connectivity index (χ3v) is 5.06. The van der Waals surface area contributed by atoms with Gasteiger partial charge in [-0.3, -0.25) is 20.4 Å². The second-order valence-electron chi connectivity index (χ2n) is 6.64. The third-order valence-electron chi connectivity index (χ3n) is 4.53. The number of rotatable bonds is 7. The molecule has 0 aliphatic carbocycles. The largest absolute Gasteiger partial charge is 0.492 e. The number of fused-ring (bicyclic) bond motifs is 1. The molecule has 3 aromatic rings. The molecule has 0 aliphatic rings. The zero-order valence-corrected chi connectivity index (χ0v) is 18.2. The molecule has 0 fully saturated rings. The van der Waals surface area contributed by atoms with Crippen LogP contribution in [0.15, 0.2) is 36.4 Å². The van der Waals surface area contributed by atoms with Crippen LogP contribution in [0.3, 0.4) is 0 Å². The van der Waals surface area contributed by atoms with E-state index in [0.29, 0.717) is 34.4 Å². The molecule has 0 bridgehead atoms. The summed E-state index contributed by atoms with van der Waals surface area (Å²) < 4.78 is 7.60. The van der Waals surface area contributed by atoms with E-state index >= 15 is 0 Å². The quantitative estimate of drug-likeness (QED) is 0.416. The summed E-state index contributed by atoms with van der Waals surface area (Å²) in [5.74, 6) is 0.672. The minimum atomic E-state index is -0.404. The average molecular weight is 449 g/mol. The minimum Gasteiger partial charge on any atom is -0.492 e. The van der Waals surface area contributed by atoms with Crippen LogP contribution in [0.4, 0.5) is 0 Å². The Hall–Kier alpha value is -2.77. The molecule has 1 aromatic heterocycles. The van der Waals surface area contributed by atoms with E-state index in [1.165, 1.54) is 0 Å². The van der Waals surface area contributed by atoms with Crippen molar-refractivity contribution in [1.82, 2.24) is 20.4 Å². The van der Waals surface area contributed by atoms with Gasteiger partial charge in [0.15, 0.2) is 0 Å². The van der Waals surface area contributed by atoms with Crippen molar-refractivity contribution in [3.05, 3.63) is 57.8 Å². The number of nitrogens with zero attached hydrogens (tertiary/aromatic N) is 2. The lowest BCUT2D eigenvalue weighted by Crippen LogP contribution is -2.41. The molecule has 0 unspecified atom stereocenters. The fraction of sp³-hybridized carbons (Fsp3) is 0.286. The molecule has 1 heterocycles. The fourth-order valence-electron chi connectivity index (χ4n) is 3.06. The fourth-order valence-corrected chi connectivity index (χ4v) is 3.52. The van der Waals surface area contributed by atoms with Crippen LogP contribution in [0.5, 0.6) is 5.75 Å². The van der Waals surface area contributed by atoms with Crippen molar-refractivity contribution in [1.29, 1.82) is 0 Å². The molecule has 158 valence electrons. The number of nitrogens with one attached hydrogen (secondary N) is 2. The molecule has 0 saturated carbocycles. The first-order valence-corrected chi connectivity index (χ1v) is 10.3. The maximum absolute atomic E-state index is 12.3. The van der Waals surface area contributed by atoms with Crippen molar-refractivity contribution in [2.24, 2.45) is 0 Å². The highest BCUT2D eigenvalue weighted by Gasteiger charge is 2.12. The summed E-state index contributed by atoms with van der Waals surface area (Å²) in [5.41, 5.74) is 6.97. The van der Waals surface area contributed by atoms with E-state index in [0.717, 1.165) is 23.4 Å². The molecule has 7 nitrogen and oxygen atoms in total. The number of aryl methyl sites for hydroxylation is 2. The number of aromatic nitrogens is 2. The molecular weight excluding hydrogens is 427 g/mol. The van der Waals surface area contributed by atoms with Gasteiger partial charge in [0.2, 0.25) is 5.91 Å². The maximum atomic E-state index is 12.3. The number of benzene rings is 2. The smallest absolute Gasteiger partial charge is 0.269 e. The van der Waals surface area contributed by atoms with Gasteiger partial charge in [-0.2, -0.15) is 0 Å². The monoisotopic (exact) mass is 448 g/mol. The van der Waals surface area contributed by atoms with Gasteiger partial charge in [-0.25, -0.2) is 4.98 Å². The standard InChI is InChI=1S/C21H22Cl2N4O3/c1-3-27-13(2)24-17-11-14(6-8-18(17)27)21(29)26-25-20(28)5-4-10-30-19-9-7-15(22)12-16(19)23/h6-9,11-12H,3-5,10H2,1-2H3,(H,25,28)(H,26,29). The highest BCUT2D eigenvalue weighted by molar-refractivity contribution is 6.35. The molecular formula is C21H22Cl2N4O3. The van der Waals surface area contributed by atoms with Crippen LogP contribution in [-0.4, -0.2) is 28.0 Å².